The summed E-state index contributed by atoms with van der Waals surface area (Å²) in [6.07, 6.45) is 8.51. The topological polar surface area (TPSA) is 34.1 Å². The van der Waals surface area contributed by atoms with Crippen LogP contribution in [-0.4, -0.2) is 50.5 Å². The van der Waals surface area contributed by atoms with Gasteiger partial charge in [0.2, 0.25) is 0 Å². The Morgan fingerprint density at radius 3 is 0.632 bits per heavy atom. The predicted molar refractivity (Wildman–Crippen MR) is 88.5 cm³/mol. The van der Waals surface area contributed by atoms with Crippen molar-refractivity contribution in [3.8, 4) is 0 Å². The van der Waals surface area contributed by atoms with E-state index in [1.807, 2.05) is 0 Å². The Morgan fingerprint density at radius 2 is 0.632 bits per heavy atom. The van der Waals surface area contributed by atoms with Gasteiger partial charge in [-0.15, -0.1) is 15.8 Å². The molecule has 0 aliphatic rings. The van der Waals surface area contributed by atoms with Gasteiger partial charge in [0, 0.05) is 16.5 Å². The average Bonchev–Trinajstić information content (AvgIpc) is 2.48. The monoisotopic (exact) mass is 350 g/mol. The summed E-state index contributed by atoms with van der Waals surface area (Å²) in [5.74, 6) is 0. The van der Waals surface area contributed by atoms with Gasteiger partial charge in [-0.2, -0.15) is 0 Å². The van der Waals surface area contributed by atoms with Crippen LogP contribution in [0.2, 0.25) is 0 Å². The van der Waals surface area contributed by atoms with Crippen molar-refractivity contribution in [1.82, 2.24) is 0 Å². The molecule has 0 unspecified atom stereocenters. The van der Waals surface area contributed by atoms with E-state index in [1.165, 1.54) is 37.0 Å². The summed E-state index contributed by atoms with van der Waals surface area (Å²) in [6.45, 7) is 22.7. The van der Waals surface area contributed by atoms with Gasteiger partial charge in [0.25, 0.3) is 13.6 Å². The predicted octanol–water partition coefficient (Wildman–Crippen LogP) is 4.26. The zero-order valence-corrected chi connectivity index (χ0v) is 16.0. The van der Waals surface area contributed by atoms with E-state index >= 15 is 0 Å². The zero-order chi connectivity index (χ0) is 15.4. The van der Waals surface area contributed by atoms with Crippen LogP contribution < -0.4 is 0 Å². The summed E-state index contributed by atoms with van der Waals surface area (Å²) in [7, 11) is 0.892. The first-order valence-corrected chi connectivity index (χ1v) is 10.3. The van der Waals surface area contributed by atoms with Gasteiger partial charge in [-0.1, -0.05) is 41.5 Å². The molecule has 0 rings (SSSR count). The summed E-state index contributed by atoms with van der Waals surface area (Å²) in [6, 6.07) is 0. The largest absolute Gasteiger partial charge is 0.281 e. The second kappa shape index (κ2) is 36.3. The van der Waals surface area contributed by atoms with Gasteiger partial charge in [-0.05, 0) is 37.0 Å². The summed E-state index contributed by atoms with van der Waals surface area (Å²) < 4.78 is 0. The second-order valence-corrected chi connectivity index (χ2v) is 9.72. The Morgan fingerprint density at radius 1 is 0.526 bits per heavy atom. The maximum Gasteiger partial charge on any atom is 0.281 e. The van der Waals surface area contributed by atoms with Crippen LogP contribution in [0.5, 0.6) is 0 Å². The van der Waals surface area contributed by atoms with Crippen molar-refractivity contribution in [3.63, 3.8) is 0 Å². The van der Waals surface area contributed by atoms with Crippen LogP contribution in [0.3, 0.4) is 0 Å². The Kier molecular flexibility index (Phi) is 60.9. The van der Waals surface area contributed by atoms with Crippen molar-refractivity contribution in [2.75, 3.05) is 37.0 Å². The van der Waals surface area contributed by atoms with Crippen molar-refractivity contribution in [3.05, 3.63) is 0 Å². The van der Waals surface area contributed by atoms with E-state index in [9.17, 15) is 0 Å². The first-order valence-electron chi connectivity index (χ1n) is 6.55. The molecule has 0 amide bonds. The third kappa shape index (κ3) is 32.3. The van der Waals surface area contributed by atoms with Gasteiger partial charge in [0.1, 0.15) is 0 Å². The minimum absolute atomic E-state index is 0. The molecule has 118 valence electrons. The molecule has 0 saturated heterocycles. The normalized spacial score (nSPS) is 8.00. The molecule has 0 aromatic carbocycles. The number of rotatable bonds is 6. The number of hydrogen-bond donors (Lipinski definition) is 0. The van der Waals surface area contributed by atoms with Gasteiger partial charge in [-0.3, -0.25) is 9.59 Å². The fourth-order valence-corrected chi connectivity index (χ4v) is 4.02. The van der Waals surface area contributed by atoms with Crippen LogP contribution in [0.25, 0.3) is 0 Å². The van der Waals surface area contributed by atoms with E-state index in [4.69, 9.17) is 9.59 Å². The molecule has 0 saturated carbocycles. The molecule has 0 aliphatic carbocycles. The van der Waals surface area contributed by atoms with Crippen LogP contribution in [0.1, 0.15) is 41.5 Å². The molecule has 5 heteroatoms. The first-order chi connectivity index (χ1) is 8.69. The zero-order valence-electron chi connectivity index (χ0n) is 13.3. The molecule has 0 heterocycles. The van der Waals surface area contributed by atoms with Crippen molar-refractivity contribution in [2.24, 2.45) is 0 Å². The molecule has 0 spiro atoms. The van der Waals surface area contributed by atoms with Crippen molar-refractivity contribution < 1.29 is 26.1 Å². The van der Waals surface area contributed by atoms with Crippen LogP contribution in [0, 0.1) is 0 Å². The maximum absolute atomic E-state index is 7.50. The van der Waals surface area contributed by atoms with Crippen LogP contribution >= 0.6 is 15.8 Å². The summed E-state index contributed by atoms with van der Waals surface area (Å²) in [5.41, 5.74) is 0. The summed E-state index contributed by atoms with van der Waals surface area (Å²) in [4.78, 5) is 15.0. The Bertz CT molecular complexity index is 97.0. The molecule has 2 nitrogen and oxygen atoms in total. The van der Waals surface area contributed by atoms with Gasteiger partial charge in [-0.25, -0.2) is 0 Å². The van der Waals surface area contributed by atoms with E-state index in [0.717, 1.165) is 0 Å². The van der Waals surface area contributed by atoms with Crippen LogP contribution in [0.4, 0.5) is 0 Å². The molecule has 4 radical (unpaired) electrons. The van der Waals surface area contributed by atoms with E-state index in [0.29, 0.717) is 15.8 Å². The van der Waals surface area contributed by atoms with Crippen molar-refractivity contribution >= 4 is 29.4 Å². The molecular formula is C14H30NiO2P2. The Hall–Kier alpha value is 0.694. The molecule has 0 aromatic heterocycles. The van der Waals surface area contributed by atoms with E-state index in [2.05, 4.69) is 55.1 Å². The Labute approximate surface area is 134 Å². The standard InChI is InChI=1S/2C6H15P.2CO.Ni/c2*1-4-7(5-2)6-3;2*1-2;/h2*4-6H2,1-3H3;;;. The minimum atomic E-state index is 0. The quantitative estimate of drug-likeness (QED) is 0.529. The van der Waals surface area contributed by atoms with Gasteiger partial charge < -0.3 is 0 Å². The van der Waals surface area contributed by atoms with Gasteiger partial charge in [0.15, 0.2) is 0 Å². The molecule has 0 bridgehead atoms. The average molecular weight is 351 g/mol. The number of carbonyl (C=O) groups excluding carboxylic acids is 2. The second-order valence-electron chi connectivity index (χ2n) is 3.24. The molecule has 19 heavy (non-hydrogen) atoms. The van der Waals surface area contributed by atoms with Crippen molar-refractivity contribution in [1.29, 1.82) is 0 Å². The SMILES string of the molecule is CCP(CC)CC.CCP(CC)CC.[C]=O.[C]=O.[Ni]. The smallest absolute Gasteiger partial charge is 0.281 e. The fourth-order valence-electron chi connectivity index (χ4n) is 1.34. The molecule has 0 aliphatic heterocycles. The molecule has 0 atom stereocenters. The fraction of sp³-hybridized carbons (Fsp3) is 0.857. The number of hydrogen-bond acceptors (Lipinski definition) is 2. The van der Waals surface area contributed by atoms with Crippen LogP contribution in [0.15, 0.2) is 0 Å². The summed E-state index contributed by atoms with van der Waals surface area (Å²) >= 11 is 0. The Balaban J connectivity index is -0.0000000522. The third-order valence-corrected chi connectivity index (χ3v) is 8.05. The molecule has 0 aromatic rings. The van der Waals surface area contributed by atoms with E-state index in [1.54, 1.807) is 0 Å². The van der Waals surface area contributed by atoms with Crippen molar-refractivity contribution in [2.45, 2.75) is 41.5 Å². The van der Waals surface area contributed by atoms with Crippen LogP contribution in [-0.2, 0) is 26.1 Å². The van der Waals surface area contributed by atoms with Gasteiger partial charge in [0.05, 0.1) is 0 Å². The van der Waals surface area contributed by atoms with Gasteiger partial charge >= 0.3 is 0 Å². The minimum Gasteiger partial charge on any atom is -0.281 e. The maximum atomic E-state index is 7.50. The van der Waals surface area contributed by atoms with E-state index in [-0.39, 0.29) is 16.5 Å². The molecule has 0 fully saturated rings. The first kappa shape index (κ1) is 31.9. The van der Waals surface area contributed by atoms with E-state index < -0.39 is 0 Å². The summed E-state index contributed by atoms with van der Waals surface area (Å²) in [5, 5.41) is 0. The molecule has 0 N–H and O–H groups in total. The molecular weight excluding hydrogens is 321 g/mol. The third-order valence-electron chi connectivity index (χ3n) is 2.68.